The zero-order valence-electron chi connectivity index (χ0n) is 27.3. The summed E-state index contributed by atoms with van der Waals surface area (Å²) in [6, 6.07) is 33.2. The third-order valence-corrected chi connectivity index (χ3v) is 14.0. The maximum Gasteiger partial charge on any atom is 0.374 e. The van der Waals surface area contributed by atoms with Gasteiger partial charge in [-0.05, 0) is 58.9 Å². The van der Waals surface area contributed by atoms with Crippen molar-refractivity contribution in [2.75, 3.05) is 20.3 Å². The standard InChI is InChI=1S/C37H42O8SSi/c1-37(2,3)47(28-18-10-6-11-19-28,29-20-12-7-13-21-29)42-26-31(34(36(39)40-4)45-32-22-14-15-25-41-32)44-35(38)30-23-24-33(43-30)46-27-16-8-5-9-17-27/h5-13,16-21,23-24,31-32,34H,14-15,22,25-26H2,1-4H3/t31-,32?,34+/m1/s1. The van der Waals surface area contributed by atoms with E-state index < -0.39 is 38.8 Å². The zero-order chi connectivity index (χ0) is 33.3. The predicted octanol–water partition coefficient (Wildman–Crippen LogP) is 6.62. The van der Waals surface area contributed by atoms with Crippen LogP contribution in [0.3, 0.4) is 0 Å². The van der Waals surface area contributed by atoms with E-state index in [-0.39, 0.29) is 17.4 Å². The lowest BCUT2D eigenvalue weighted by molar-refractivity contribution is -0.219. The van der Waals surface area contributed by atoms with E-state index in [1.807, 2.05) is 66.7 Å². The number of carbonyl (C=O) groups excluding carboxylic acids is 2. The van der Waals surface area contributed by atoms with Crippen LogP contribution in [0.15, 0.2) is 118 Å². The lowest BCUT2D eigenvalue weighted by Gasteiger charge is -2.44. The Labute approximate surface area is 281 Å². The number of hydrogen-bond acceptors (Lipinski definition) is 9. The fraction of sp³-hybridized carbons (Fsp3) is 0.351. The number of carbonyl (C=O) groups is 2. The smallest absolute Gasteiger partial charge is 0.374 e. The topological polar surface area (TPSA) is 93.4 Å². The number of hydrogen-bond donors (Lipinski definition) is 0. The van der Waals surface area contributed by atoms with Gasteiger partial charge in [-0.15, -0.1) is 0 Å². The van der Waals surface area contributed by atoms with Gasteiger partial charge in [-0.1, -0.05) is 111 Å². The van der Waals surface area contributed by atoms with Gasteiger partial charge in [0.25, 0.3) is 8.32 Å². The van der Waals surface area contributed by atoms with Crippen LogP contribution in [0, 0.1) is 0 Å². The van der Waals surface area contributed by atoms with Gasteiger partial charge in [0, 0.05) is 11.5 Å². The number of benzene rings is 3. The number of esters is 2. The number of ether oxygens (including phenoxy) is 4. The lowest BCUT2D eigenvalue weighted by Crippen LogP contribution is -2.67. The molecule has 1 aliphatic heterocycles. The van der Waals surface area contributed by atoms with Gasteiger partial charge in [0.2, 0.25) is 5.76 Å². The summed E-state index contributed by atoms with van der Waals surface area (Å²) >= 11 is 1.39. The molecular weight excluding hydrogens is 633 g/mol. The Bertz CT molecular complexity index is 1530. The molecule has 1 aliphatic rings. The minimum Gasteiger partial charge on any atom is -0.467 e. The first-order valence-corrected chi connectivity index (χ1v) is 18.6. The minimum absolute atomic E-state index is 0.00332. The Morgan fingerprint density at radius 3 is 2.04 bits per heavy atom. The SMILES string of the molecule is COC(=O)[C@@H](OC1CCCCO1)[C@@H](CO[Si](c1ccccc1)(c1ccccc1)C(C)(C)C)OC(=O)c1ccc(Sc2ccccc2)o1. The highest BCUT2D eigenvalue weighted by atomic mass is 32.2. The largest absolute Gasteiger partial charge is 0.467 e. The van der Waals surface area contributed by atoms with Crippen LogP contribution in [-0.2, 0) is 28.2 Å². The normalized spacial score (nSPS) is 16.6. The maximum absolute atomic E-state index is 13.7. The van der Waals surface area contributed by atoms with Gasteiger partial charge in [0.1, 0.15) is 0 Å². The van der Waals surface area contributed by atoms with Crippen molar-refractivity contribution in [3.8, 4) is 0 Å². The van der Waals surface area contributed by atoms with Crippen molar-refractivity contribution < 1.29 is 37.4 Å². The van der Waals surface area contributed by atoms with E-state index in [4.69, 9.17) is 27.8 Å². The van der Waals surface area contributed by atoms with Crippen LogP contribution >= 0.6 is 11.8 Å². The molecule has 0 aliphatic carbocycles. The summed E-state index contributed by atoms with van der Waals surface area (Å²) in [7, 11) is -1.80. The van der Waals surface area contributed by atoms with Gasteiger partial charge in [0.05, 0.1) is 13.7 Å². The molecule has 3 atom stereocenters. The number of rotatable bonds is 13. The molecule has 0 N–H and O–H groups in total. The minimum atomic E-state index is -3.08. The summed E-state index contributed by atoms with van der Waals surface area (Å²) < 4.78 is 36.3. The van der Waals surface area contributed by atoms with Crippen molar-refractivity contribution in [2.24, 2.45) is 0 Å². The summed E-state index contributed by atoms with van der Waals surface area (Å²) in [5, 5.41) is 2.26. The van der Waals surface area contributed by atoms with E-state index in [1.54, 1.807) is 12.1 Å². The van der Waals surface area contributed by atoms with Crippen LogP contribution < -0.4 is 10.4 Å². The van der Waals surface area contributed by atoms with Crippen molar-refractivity contribution in [3.63, 3.8) is 0 Å². The van der Waals surface area contributed by atoms with E-state index >= 15 is 0 Å². The molecule has 5 rings (SSSR count). The molecule has 248 valence electrons. The summed E-state index contributed by atoms with van der Waals surface area (Å²) in [5.74, 6) is -1.44. The molecule has 0 radical (unpaired) electrons. The Morgan fingerprint density at radius 1 is 0.872 bits per heavy atom. The van der Waals surface area contributed by atoms with E-state index in [1.165, 1.54) is 18.9 Å². The highest BCUT2D eigenvalue weighted by molar-refractivity contribution is 7.99. The molecule has 3 aromatic carbocycles. The summed E-state index contributed by atoms with van der Waals surface area (Å²) in [6.07, 6.45) is -0.757. The van der Waals surface area contributed by atoms with Crippen molar-refractivity contribution in [1.82, 2.24) is 0 Å². The molecule has 0 bridgehead atoms. The van der Waals surface area contributed by atoms with Crippen LogP contribution in [0.5, 0.6) is 0 Å². The molecule has 0 saturated carbocycles. The van der Waals surface area contributed by atoms with Crippen LogP contribution in [0.1, 0.15) is 50.6 Å². The van der Waals surface area contributed by atoms with Crippen molar-refractivity contribution >= 4 is 42.4 Å². The fourth-order valence-corrected chi connectivity index (χ4v) is 11.2. The van der Waals surface area contributed by atoms with Crippen LogP contribution in [0.2, 0.25) is 5.04 Å². The Kier molecular flexibility index (Phi) is 11.8. The average molecular weight is 675 g/mol. The number of furan rings is 1. The van der Waals surface area contributed by atoms with Gasteiger partial charge in [-0.25, -0.2) is 9.59 Å². The van der Waals surface area contributed by atoms with Gasteiger partial charge in [-0.2, -0.15) is 0 Å². The molecule has 1 fully saturated rings. The van der Waals surface area contributed by atoms with E-state index in [9.17, 15) is 9.59 Å². The molecule has 0 spiro atoms. The van der Waals surface area contributed by atoms with E-state index in [0.29, 0.717) is 18.1 Å². The third kappa shape index (κ3) is 8.44. The van der Waals surface area contributed by atoms with Crippen molar-refractivity contribution in [1.29, 1.82) is 0 Å². The molecule has 0 amide bonds. The first-order valence-electron chi connectivity index (χ1n) is 15.8. The monoisotopic (exact) mass is 674 g/mol. The Morgan fingerprint density at radius 2 is 1.49 bits per heavy atom. The first kappa shape index (κ1) is 34.7. The fourth-order valence-electron chi connectivity index (χ4n) is 5.83. The second-order valence-corrected chi connectivity index (χ2v) is 17.7. The van der Waals surface area contributed by atoms with E-state index in [2.05, 4.69) is 45.0 Å². The summed E-state index contributed by atoms with van der Waals surface area (Å²) in [4.78, 5) is 28.0. The second kappa shape index (κ2) is 15.9. The molecule has 1 aromatic heterocycles. The quantitative estimate of drug-likeness (QED) is 0.115. The summed E-state index contributed by atoms with van der Waals surface area (Å²) in [5.41, 5.74) is 0. The summed E-state index contributed by atoms with van der Waals surface area (Å²) in [6.45, 7) is 6.82. The second-order valence-electron chi connectivity index (χ2n) is 12.3. The Hall–Kier alpha value is -3.67. The number of methoxy groups -OCH3 is 1. The van der Waals surface area contributed by atoms with Crippen molar-refractivity contribution in [2.45, 2.75) is 73.6 Å². The molecule has 47 heavy (non-hydrogen) atoms. The van der Waals surface area contributed by atoms with Gasteiger partial charge in [0.15, 0.2) is 23.6 Å². The van der Waals surface area contributed by atoms with Crippen molar-refractivity contribution in [3.05, 3.63) is 109 Å². The van der Waals surface area contributed by atoms with Crippen LogP contribution in [0.4, 0.5) is 0 Å². The van der Waals surface area contributed by atoms with Gasteiger partial charge < -0.3 is 27.8 Å². The molecular formula is C37H42O8SSi. The third-order valence-electron chi connectivity index (χ3n) is 8.09. The first-order chi connectivity index (χ1) is 22.7. The zero-order valence-corrected chi connectivity index (χ0v) is 29.1. The molecule has 1 unspecified atom stereocenters. The van der Waals surface area contributed by atoms with Crippen LogP contribution in [0.25, 0.3) is 0 Å². The molecule has 4 aromatic rings. The van der Waals surface area contributed by atoms with Gasteiger partial charge in [-0.3, -0.25) is 0 Å². The highest BCUT2D eigenvalue weighted by Gasteiger charge is 2.51. The maximum atomic E-state index is 13.7. The molecule has 1 saturated heterocycles. The highest BCUT2D eigenvalue weighted by Crippen LogP contribution is 2.37. The van der Waals surface area contributed by atoms with E-state index in [0.717, 1.165) is 28.1 Å². The lowest BCUT2D eigenvalue weighted by atomic mass is 10.2. The molecule has 2 heterocycles. The Balaban J connectivity index is 1.49. The predicted molar refractivity (Wildman–Crippen MR) is 183 cm³/mol. The van der Waals surface area contributed by atoms with Gasteiger partial charge >= 0.3 is 11.9 Å². The average Bonchev–Trinajstić information content (AvgIpc) is 3.56. The molecule has 10 heteroatoms. The van der Waals surface area contributed by atoms with Crippen LogP contribution in [-0.4, -0.2) is 59.1 Å². The molecule has 8 nitrogen and oxygen atoms in total.